The maximum atomic E-state index is 11.7. The molecule has 1 heterocycles. The van der Waals surface area contributed by atoms with E-state index in [-0.39, 0.29) is 24.0 Å². The highest BCUT2D eigenvalue weighted by atomic mass is 35.5. The zero-order valence-corrected chi connectivity index (χ0v) is 12.7. The van der Waals surface area contributed by atoms with E-state index in [0.717, 1.165) is 0 Å². The van der Waals surface area contributed by atoms with E-state index < -0.39 is 27.4 Å². The number of carbonyl (C=O) groups is 1. The summed E-state index contributed by atoms with van der Waals surface area (Å²) in [6.07, 6.45) is 0.178. The van der Waals surface area contributed by atoms with E-state index in [2.05, 4.69) is 5.32 Å². The second-order valence-electron chi connectivity index (χ2n) is 5.14. The highest BCUT2D eigenvalue weighted by molar-refractivity contribution is 7.91. The molecule has 1 amide bonds. The fraction of sp³-hybridized carbons (Fsp3) is 0.909. The smallest absolute Gasteiger partial charge is 0.234 e. The zero-order valence-electron chi connectivity index (χ0n) is 11.2. The van der Waals surface area contributed by atoms with Crippen molar-refractivity contribution in [3.63, 3.8) is 0 Å². The lowest BCUT2D eigenvalue weighted by Gasteiger charge is -2.19. The van der Waals surface area contributed by atoms with Crippen LogP contribution in [0.3, 0.4) is 0 Å². The van der Waals surface area contributed by atoms with E-state index in [1.807, 2.05) is 0 Å². The molecule has 19 heavy (non-hydrogen) atoms. The van der Waals surface area contributed by atoms with E-state index in [0.29, 0.717) is 13.0 Å². The molecule has 3 atom stereocenters. The summed E-state index contributed by atoms with van der Waals surface area (Å²) in [6.45, 7) is 2.45. The van der Waals surface area contributed by atoms with Gasteiger partial charge in [0.1, 0.15) is 0 Å². The van der Waals surface area contributed by atoms with E-state index in [1.54, 1.807) is 18.9 Å². The predicted molar refractivity (Wildman–Crippen MR) is 74.0 cm³/mol. The Hall–Kier alpha value is -0.370. The molecule has 0 aromatic heterocycles. The molecule has 0 radical (unpaired) electrons. The van der Waals surface area contributed by atoms with Crippen LogP contribution in [0.5, 0.6) is 0 Å². The molecule has 0 aliphatic carbocycles. The maximum Gasteiger partial charge on any atom is 0.234 e. The number of aliphatic hydroxyl groups excluding tert-OH is 1. The number of likely N-dealkylation sites (N-methyl/N-ethyl adjacent to an activating group) is 1. The molecule has 0 spiro atoms. The minimum atomic E-state index is -3.13. The molecule has 3 unspecified atom stereocenters. The lowest BCUT2D eigenvalue weighted by molar-refractivity contribution is -0.122. The van der Waals surface area contributed by atoms with Gasteiger partial charge >= 0.3 is 0 Å². The second-order valence-corrected chi connectivity index (χ2v) is 7.86. The minimum Gasteiger partial charge on any atom is -0.393 e. The molecular formula is C11H21ClN2O4S. The van der Waals surface area contributed by atoms with Gasteiger partial charge in [-0.15, -0.1) is 11.6 Å². The van der Waals surface area contributed by atoms with Crippen molar-refractivity contribution >= 4 is 27.3 Å². The molecule has 6 nitrogen and oxygen atoms in total. The van der Waals surface area contributed by atoms with Crippen molar-refractivity contribution in [1.82, 2.24) is 10.2 Å². The van der Waals surface area contributed by atoms with Gasteiger partial charge in [-0.2, -0.15) is 0 Å². The van der Waals surface area contributed by atoms with E-state index in [9.17, 15) is 13.2 Å². The summed E-state index contributed by atoms with van der Waals surface area (Å²) in [5, 5.41) is 11.2. The second kappa shape index (κ2) is 6.88. The first kappa shape index (κ1) is 16.7. The topological polar surface area (TPSA) is 86.7 Å². The first-order valence-electron chi connectivity index (χ1n) is 6.20. The van der Waals surface area contributed by atoms with Gasteiger partial charge in [-0.25, -0.2) is 8.42 Å². The molecule has 1 rings (SSSR count). The Morgan fingerprint density at radius 3 is 2.63 bits per heavy atom. The number of amides is 1. The number of halogens is 1. The van der Waals surface area contributed by atoms with Crippen molar-refractivity contribution in [2.45, 2.75) is 30.9 Å². The van der Waals surface area contributed by atoms with Gasteiger partial charge in [-0.05, 0) is 20.4 Å². The fourth-order valence-electron chi connectivity index (χ4n) is 1.92. The molecule has 1 fully saturated rings. The number of carbonyl (C=O) groups excluding carboxylic acids is 1. The molecule has 8 heteroatoms. The number of hydrogen-bond donors (Lipinski definition) is 2. The van der Waals surface area contributed by atoms with Crippen LogP contribution in [0.25, 0.3) is 0 Å². The molecular weight excluding hydrogens is 292 g/mol. The summed E-state index contributed by atoms with van der Waals surface area (Å²) in [4.78, 5) is 13.5. The lowest BCUT2D eigenvalue weighted by Crippen LogP contribution is -2.45. The van der Waals surface area contributed by atoms with Crippen LogP contribution in [0.4, 0.5) is 0 Å². The average Bonchev–Trinajstić information content (AvgIpc) is 2.48. The number of alkyl halides is 1. The number of nitrogens with one attached hydrogen (secondary N) is 1. The van der Waals surface area contributed by atoms with Crippen LogP contribution in [-0.4, -0.2) is 73.5 Å². The van der Waals surface area contributed by atoms with E-state index in [4.69, 9.17) is 16.7 Å². The standard InChI is InChI=1S/C11H21ClN2O4S/c1-8(15)3-4-14(2)5-11(16)13-10-7-19(17,18)6-9(10)12/h8-10,15H,3-7H2,1-2H3,(H,13,16). The van der Waals surface area contributed by atoms with Crippen molar-refractivity contribution < 1.29 is 18.3 Å². The van der Waals surface area contributed by atoms with Crippen LogP contribution < -0.4 is 5.32 Å². The van der Waals surface area contributed by atoms with Crippen LogP contribution in [-0.2, 0) is 14.6 Å². The summed E-state index contributed by atoms with van der Waals surface area (Å²) < 4.78 is 22.7. The van der Waals surface area contributed by atoms with Gasteiger partial charge in [0.15, 0.2) is 9.84 Å². The molecule has 1 aliphatic heterocycles. The van der Waals surface area contributed by atoms with Crippen molar-refractivity contribution in [3.8, 4) is 0 Å². The van der Waals surface area contributed by atoms with Crippen molar-refractivity contribution in [1.29, 1.82) is 0 Å². The minimum absolute atomic E-state index is 0.0859. The highest BCUT2D eigenvalue weighted by Gasteiger charge is 2.37. The molecule has 112 valence electrons. The first-order valence-corrected chi connectivity index (χ1v) is 8.46. The Kier molecular flexibility index (Phi) is 6.04. The number of aliphatic hydroxyl groups is 1. The monoisotopic (exact) mass is 312 g/mol. The fourth-order valence-corrected chi connectivity index (χ4v) is 4.47. The Balaban J connectivity index is 2.35. The Labute approximate surface area is 119 Å². The van der Waals surface area contributed by atoms with E-state index in [1.165, 1.54) is 0 Å². The summed E-state index contributed by atoms with van der Waals surface area (Å²) in [5.41, 5.74) is 0. The molecule has 0 aromatic rings. The van der Waals surface area contributed by atoms with Gasteiger partial charge < -0.3 is 10.4 Å². The van der Waals surface area contributed by atoms with Gasteiger partial charge in [-0.1, -0.05) is 0 Å². The SMILES string of the molecule is CC(O)CCN(C)CC(=O)NC1CS(=O)(=O)CC1Cl. The van der Waals surface area contributed by atoms with E-state index >= 15 is 0 Å². The maximum absolute atomic E-state index is 11.7. The molecule has 0 saturated carbocycles. The summed E-state index contributed by atoms with van der Waals surface area (Å²) in [6, 6.07) is -0.510. The predicted octanol–water partition coefficient (Wildman–Crippen LogP) is -0.790. The number of nitrogens with zero attached hydrogens (tertiary/aromatic N) is 1. The van der Waals surface area contributed by atoms with Gasteiger partial charge in [0.05, 0.1) is 35.6 Å². The Bertz CT molecular complexity index is 413. The lowest BCUT2D eigenvalue weighted by atomic mass is 10.2. The van der Waals surface area contributed by atoms with Gasteiger partial charge in [0.25, 0.3) is 0 Å². The number of hydrogen-bond acceptors (Lipinski definition) is 5. The van der Waals surface area contributed by atoms with Gasteiger partial charge in [-0.3, -0.25) is 9.69 Å². The van der Waals surface area contributed by atoms with Crippen LogP contribution >= 0.6 is 11.6 Å². The largest absolute Gasteiger partial charge is 0.393 e. The van der Waals surface area contributed by atoms with Crippen molar-refractivity contribution in [3.05, 3.63) is 0 Å². The van der Waals surface area contributed by atoms with Crippen LogP contribution in [0.15, 0.2) is 0 Å². The van der Waals surface area contributed by atoms with Crippen molar-refractivity contribution in [2.24, 2.45) is 0 Å². The molecule has 2 N–H and O–H groups in total. The normalized spacial score (nSPS) is 27.4. The quantitative estimate of drug-likeness (QED) is 0.628. The van der Waals surface area contributed by atoms with Crippen LogP contribution in [0, 0.1) is 0 Å². The average molecular weight is 313 g/mol. The van der Waals surface area contributed by atoms with Gasteiger partial charge in [0, 0.05) is 6.54 Å². The van der Waals surface area contributed by atoms with Gasteiger partial charge in [0.2, 0.25) is 5.91 Å². The summed E-state index contributed by atoms with van der Waals surface area (Å²) in [5.74, 6) is -0.428. The summed E-state index contributed by atoms with van der Waals surface area (Å²) in [7, 11) is -1.36. The summed E-state index contributed by atoms with van der Waals surface area (Å²) >= 11 is 5.91. The molecule has 0 aromatic carbocycles. The van der Waals surface area contributed by atoms with Crippen LogP contribution in [0.1, 0.15) is 13.3 Å². The zero-order chi connectivity index (χ0) is 14.6. The first-order chi connectivity index (χ1) is 8.69. The number of rotatable bonds is 6. The molecule has 1 saturated heterocycles. The highest BCUT2D eigenvalue weighted by Crippen LogP contribution is 2.17. The third-order valence-electron chi connectivity index (χ3n) is 2.97. The molecule has 1 aliphatic rings. The molecule has 0 bridgehead atoms. The number of sulfone groups is 1. The Morgan fingerprint density at radius 2 is 2.16 bits per heavy atom. The third-order valence-corrected chi connectivity index (χ3v) is 5.35. The van der Waals surface area contributed by atoms with Crippen molar-refractivity contribution in [2.75, 3.05) is 31.6 Å². The Morgan fingerprint density at radius 1 is 1.53 bits per heavy atom. The third kappa shape index (κ3) is 6.07. The van der Waals surface area contributed by atoms with Crippen LogP contribution in [0.2, 0.25) is 0 Å².